The molecule has 0 atom stereocenters. The summed E-state index contributed by atoms with van der Waals surface area (Å²) in [6, 6.07) is 8.19. The third-order valence-corrected chi connectivity index (χ3v) is 3.99. The number of hydrogen-bond donors (Lipinski definition) is 1. The van der Waals surface area contributed by atoms with Gasteiger partial charge in [-0.05, 0) is 31.9 Å². The predicted octanol–water partition coefficient (Wildman–Crippen LogP) is 3.67. The molecule has 1 N–H and O–H groups in total. The molecule has 2 rings (SSSR count). The summed E-state index contributed by atoms with van der Waals surface area (Å²) in [6.45, 7) is 7.53. The highest BCUT2D eigenvalue weighted by Crippen LogP contribution is 2.19. The van der Waals surface area contributed by atoms with Crippen LogP contribution in [0.1, 0.15) is 24.1 Å². The molecule has 0 fully saturated rings. The van der Waals surface area contributed by atoms with Gasteiger partial charge in [-0.3, -0.25) is 4.99 Å². The van der Waals surface area contributed by atoms with Crippen LogP contribution >= 0.6 is 0 Å². The highest BCUT2D eigenvalue weighted by molar-refractivity contribution is 5.79. The highest BCUT2D eigenvalue weighted by atomic mass is 16.3. The van der Waals surface area contributed by atoms with Crippen LogP contribution in [-0.2, 0) is 6.42 Å². The van der Waals surface area contributed by atoms with Crippen molar-refractivity contribution in [2.24, 2.45) is 4.99 Å². The minimum Gasteiger partial charge on any atom is -0.444 e. The van der Waals surface area contributed by atoms with Crippen LogP contribution in [0.3, 0.4) is 0 Å². The fourth-order valence-electron chi connectivity index (χ4n) is 2.52. The van der Waals surface area contributed by atoms with E-state index in [4.69, 9.17) is 4.42 Å². The lowest BCUT2D eigenvalue weighted by Crippen LogP contribution is -2.40. The summed E-state index contributed by atoms with van der Waals surface area (Å²) in [5.41, 5.74) is 3.17. The lowest BCUT2D eigenvalue weighted by molar-refractivity contribution is 0.470. The van der Waals surface area contributed by atoms with Crippen LogP contribution in [0.25, 0.3) is 11.5 Å². The Hall–Kier alpha value is -2.56. The summed E-state index contributed by atoms with van der Waals surface area (Å²) in [5, 5.41) is 3.37. The molecule has 134 valence electrons. The molecule has 2 aromatic rings. The van der Waals surface area contributed by atoms with Crippen molar-refractivity contribution in [1.82, 2.24) is 15.2 Å². The fraction of sp³-hybridized carbons (Fsp3) is 0.400. The van der Waals surface area contributed by atoms with E-state index < -0.39 is 0 Å². The SMILES string of the molecule is C=CCCCN(C)C(=NC)NCCc1coc(-c2ccc(C)cc2)n1. The van der Waals surface area contributed by atoms with Gasteiger partial charge < -0.3 is 14.6 Å². The van der Waals surface area contributed by atoms with Crippen molar-refractivity contribution in [2.75, 3.05) is 27.2 Å². The van der Waals surface area contributed by atoms with Crippen molar-refractivity contribution >= 4 is 5.96 Å². The van der Waals surface area contributed by atoms with Crippen molar-refractivity contribution in [3.05, 3.63) is 54.4 Å². The largest absolute Gasteiger partial charge is 0.444 e. The molecule has 1 heterocycles. The molecule has 1 aromatic heterocycles. The van der Waals surface area contributed by atoms with Crippen LogP contribution in [0.15, 0.2) is 52.6 Å². The van der Waals surface area contributed by atoms with E-state index in [2.05, 4.69) is 45.8 Å². The second-order valence-electron chi connectivity index (χ2n) is 6.09. The van der Waals surface area contributed by atoms with Crippen molar-refractivity contribution in [1.29, 1.82) is 0 Å². The number of nitrogens with zero attached hydrogens (tertiary/aromatic N) is 3. The third kappa shape index (κ3) is 5.78. The molecule has 0 spiro atoms. The van der Waals surface area contributed by atoms with E-state index in [0.717, 1.165) is 49.6 Å². The van der Waals surface area contributed by atoms with Gasteiger partial charge in [-0.25, -0.2) is 4.98 Å². The smallest absolute Gasteiger partial charge is 0.226 e. The van der Waals surface area contributed by atoms with Gasteiger partial charge in [-0.15, -0.1) is 6.58 Å². The molecule has 0 aliphatic carbocycles. The van der Waals surface area contributed by atoms with Crippen LogP contribution in [-0.4, -0.2) is 43.0 Å². The number of rotatable bonds is 8. The van der Waals surface area contributed by atoms with Gasteiger partial charge in [0.25, 0.3) is 0 Å². The van der Waals surface area contributed by atoms with Gasteiger partial charge in [-0.1, -0.05) is 23.8 Å². The van der Waals surface area contributed by atoms with Crippen LogP contribution in [0.4, 0.5) is 0 Å². The van der Waals surface area contributed by atoms with Gasteiger partial charge in [-0.2, -0.15) is 0 Å². The number of unbranched alkanes of at least 4 members (excludes halogenated alkanes) is 1. The Morgan fingerprint density at radius 3 is 2.80 bits per heavy atom. The molecule has 0 aliphatic heterocycles. The lowest BCUT2D eigenvalue weighted by atomic mass is 10.1. The Labute approximate surface area is 150 Å². The zero-order valence-corrected chi connectivity index (χ0v) is 15.5. The van der Waals surface area contributed by atoms with Crippen molar-refractivity contribution in [3.63, 3.8) is 0 Å². The summed E-state index contributed by atoms with van der Waals surface area (Å²) in [4.78, 5) is 11.0. The number of allylic oxidation sites excluding steroid dienone is 1. The van der Waals surface area contributed by atoms with Crippen molar-refractivity contribution in [3.8, 4) is 11.5 Å². The second kappa shape index (κ2) is 9.67. The maximum atomic E-state index is 5.60. The molecule has 25 heavy (non-hydrogen) atoms. The molecule has 1 aromatic carbocycles. The van der Waals surface area contributed by atoms with Gasteiger partial charge in [0.2, 0.25) is 5.89 Å². The molecular weight excluding hydrogens is 312 g/mol. The summed E-state index contributed by atoms with van der Waals surface area (Å²) >= 11 is 0. The van der Waals surface area contributed by atoms with E-state index in [1.807, 2.05) is 25.3 Å². The number of oxazole rings is 1. The number of hydrogen-bond acceptors (Lipinski definition) is 3. The third-order valence-electron chi connectivity index (χ3n) is 3.99. The first-order valence-electron chi connectivity index (χ1n) is 8.68. The first-order valence-corrected chi connectivity index (χ1v) is 8.68. The fourth-order valence-corrected chi connectivity index (χ4v) is 2.52. The van der Waals surface area contributed by atoms with Gasteiger partial charge >= 0.3 is 0 Å². The van der Waals surface area contributed by atoms with Crippen LogP contribution in [0, 0.1) is 6.92 Å². The Balaban J connectivity index is 1.83. The van der Waals surface area contributed by atoms with Crippen molar-refractivity contribution in [2.45, 2.75) is 26.2 Å². The standard InChI is InChI=1S/C20H28N4O/c1-5-6-7-14-24(4)20(21-3)22-13-12-18-15-25-19(23-18)17-10-8-16(2)9-11-17/h5,8-11,15H,1,6-7,12-14H2,2-4H3,(H,21,22). The first-order chi connectivity index (χ1) is 12.1. The van der Waals surface area contributed by atoms with Gasteiger partial charge in [0.1, 0.15) is 6.26 Å². The van der Waals surface area contributed by atoms with E-state index >= 15 is 0 Å². The maximum absolute atomic E-state index is 5.60. The number of aryl methyl sites for hydroxylation is 1. The molecule has 5 nitrogen and oxygen atoms in total. The maximum Gasteiger partial charge on any atom is 0.226 e. The Bertz CT molecular complexity index is 688. The van der Waals surface area contributed by atoms with E-state index in [-0.39, 0.29) is 0 Å². The average Bonchev–Trinajstić information content (AvgIpc) is 3.08. The molecule has 0 saturated carbocycles. The van der Waals surface area contributed by atoms with E-state index in [9.17, 15) is 0 Å². The minimum absolute atomic E-state index is 0.668. The number of aliphatic imine (C=N–C) groups is 1. The van der Waals surface area contributed by atoms with Gasteiger partial charge in [0, 0.05) is 39.2 Å². The number of nitrogens with one attached hydrogen (secondary N) is 1. The quantitative estimate of drug-likeness (QED) is 0.345. The van der Waals surface area contributed by atoms with Crippen LogP contribution in [0.5, 0.6) is 0 Å². The number of guanidine groups is 1. The number of benzene rings is 1. The molecule has 0 unspecified atom stereocenters. The second-order valence-corrected chi connectivity index (χ2v) is 6.09. The zero-order valence-electron chi connectivity index (χ0n) is 15.5. The Morgan fingerprint density at radius 1 is 1.36 bits per heavy atom. The van der Waals surface area contributed by atoms with Gasteiger partial charge in [0.05, 0.1) is 5.69 Å². The Morgan fingerprint density at radius 2 is 2.12 bits per heavy atom. The van der Waals surface area contributed by atoms with Crippen molar-refractivity contribution < 1.29 is 4.42 Å². The summed E-state index contributed by atoms with van der Waals surface area (Å²) < 4.78 is 5.60. The molecule has 5 heteroatoms. The first kappa shape index (κ1) is 18.8. The van der Waals surface area contributed by atoms with Crippen LogP contribution in [0.2, 0.25) is 0 Å². The summed E-state index contributed by atoms with van der Waals surface area (Å²) in [7, 11) is 3.85. The predicted molar refractivity (Wildman–Crippen MR) is 104 cm³/mol. The summed E-state index contributed by atoms with van der Waals surface area (Å²) in [6.07, 6.45) is 6.55. The van der Waals surface area contributed by atoms with Gasteiger partial charge in [0.15, 0.2) is 5.96 Å². The average molecular weight is 340 g/mol. The molecule has 0 aliphatic rings. The Kier molecular flexibility index (Phi) is 7.26. The monoisotopic (exact) mass is 340 g/mol. The molecule has 0 amide bonds. The number of aromatic nitrogens is 1. The van der Waals surface area contributed by atoms with E-state index in [0.29, 0.717) is 5.89 Å². The topological polar surface area (TPSA) is 53.7 Å². The van der Waals surface area contributed by atoms with E-state index in [1.165, 1.54) is 5.56 Å². The lowest BCUT2D eigenvalue weighted by Gasteiger charge is -2.21. The molecule has 0 saturated heterocycles. The zero-order chi connectivity index (χ0) is 18.1. The minimum atomic E-state index is 0.668. The molecule has 0 radical (unpaired) electrons. The summed E-state index contributed by atoms with van der Waals surface area (Å²) in [5.74, 6) is 1.56. The van der Waals surface area contributed by atoms with E-state index in [1.54, 1.807) is 13.3 Å². The normalized spacial score (nSPS) is 11.4. The van der Waals surface area contributed by atoms with Crippen LogP contribution < -0.4 is 5.32 Å². The highest BCUT2D eigenvalue weighted by Gasteiger charge is 2.08. The molecular formula is C20H28N4O. The molecule has 0 bridgehead atoms.